The average molecular weight is 626 g/mol. The number of nitrogens with one attached hydrogen (secondary N) is 2. The van der Waals surface area contributed by atoms with E-state index < -0.39 is 17.9 Å². The van der Waals surface area contributed by atoms with Gasteiger partial charge < -0.3 is 20.1 Å². The Morgan fingerprint density at radius 3 is 2.58 bits per heavy atom. The van der Waals surface area contributed by atoms with Gasteiger partial charge in [-0.15, -0.1) is 11.3 Å². The van der Waals surface area contributed by atoms with E-state index in [1.807, 2.05) is 36.4 Å². The topological polar surface area (TPSA) is 96.0 Å². The standard InChI is InChI=1S/C34H32FN5O4S/c1-22(21-43-2)37-20-23-8-10-24(11-9-23)31-19-28-32(45-31)30(14-15-36-28)44-29-13-12-25(18-27(29)35)38-33(41)40-17-16-39(34(40)42)26-6-4-3-5-7-26/h3-15,18-19,22,37H,16-17,20-21H2,1-2H3,(H,38,41)/t22-/m0/s1. The number of anilines is 2. The van der Waals surface area contributed by atoms with Crippen molar-refractivity contribution >= 4 is 45.0 Å². The van der Waals surface area contributed by atoms with E-state index in [1.165, 1.54) is 40.0 Å². The van der Waals surface area contributed by atoms with Crippen molar-refractivity contribution in [3.8, 4) is 21.9 Å². The first kappa shape index (κ1) is 30.2. The van der Waals surface area contributed by atoms with E-state index in [-0.39, 0.29) is 24.0 Å². The lowest BCUT2D eigenvalue weighted by Gasteiger charge is -2.18. The van der Waals surface area contributed by atoms with Crippen LogP contribution in [0.25, 0.3) is 20.7 Å². The maximum absolute atomic E-state index is 15.2. The molecule has 6 rings (SSSR count). The van der Waals surface area contributed by atoms with Crippen LogP contribution in [0.2, 0.25) is 0 Å². The van der Waals surface area contributed by atoms with Crippen molar-refractivity contribution < 1.29 is 23.5 Å². The predicted molar refractivity (Wildman–Crippen MR) is 175 cm³/mol. The Morgan fingerprint density at radius 2 is 1.82 bits per heavy atom. The number of fused-ring (bicyclic) bond motifs is 1. The molecule has 0 unspecified atom stereocenters. The second-order valence-corrected chi connectivity index (χ2v) is 11.7. The number of carbonyl (C=O) groups excluding carboxylic acids is 2. The number of hydrogen-bond donors (Lipinski definition) is 2. The molecule has 0 aliphatic carbocycles. The molecule has 4 amide bonds. The van der Waals surface area contributed by atoms with E-state index in [1.54, 1.807) is 19.4 Å². The lowest BCUT2D eigenvalue weighted by atomic mass is 10.1. The number of nitrogens with zero attached hydrogens (tertiary/aromatic N) is 3. The van der Waals surface area contributed by atoms with Gasteiger partial charge in [0.15, 0.2) is 11.6 Å². The van der Waals surface area contributed by atoms with E-state index in [4.69, 9.17) is 9.47 Å². The number of pyridine rings is 1. The number of imide groups is 1. The molecule has 3 aromatic carbocycles. The van der Waals surface area contributed by atoms with Gasteiger partial charge in [-0.2, -0.15) is 0 Å². The van der Waals surface area contributed by atoms with Gasteiger partial charge in [0.1, 0.15) is 5.75 Å². The Morgan fingerprint density at radius 1 is 1.02 bits per heavy atom. The Labute approximate surface area is 264 Å². The summed E-state index contributed by atoms with van der Waals surface area (Å²) < 4.78 is 27.2. The molecule has 1 fully saturated rings. The number of carbonyl (C=O) groups is 2. The average Bonchev–Trinajstić information content (AvgIpc) is 3.66. The fourth-order valence-corrected chi connectivity index (χ4v) is 6.14. The Kier molecular flexibility index (Phi) is 9.01. The third kappa shape index (κ3) is 6.80. The van der Waals surface area contributed by atoms with Crippen LogP contribution in [0.15, 0.2) is 91.1 Å². The molecule has 1 atom stereocenters. The van der Waals surface area contributed by atoms with Crippen LogP contribution in [0, 0.1) is 5.82 Å². The quantitative estimate of drug-likeness (QED) is 0.167. The first-order chi connectivity index (χ1) is 21.9. The first-order valence-corrected chi connectivity index (χ1v) is 15.3. The second-order valence-electron chi connectivity index (χ2n) is 10.7. The van der Waals surface area contributed by atoms with Gasteiger partial charge in [0.2, 0.25) is 0 Å². The van der Waals surface area contributed by atoms with Crippen molar-refractivity contribution in [2.75, 3.05) is 37.0 Å². The summed E-state index contributed by atoms with van der Waals surface area (Å²) in [5.74, 6) is -0.178. The highest BCUT2D eigenvalue weighted by Crippen LogP contribution is 2.40. The first-order valence-electron chi connectivity index (χ1n) is 14.5. The Hall–Kier alpha value is -4.84. The zero-order valence-corrected chi connectivity index (χ0v) is 25.6. The zero-order valence-electron chi connectivity index (χ0n) is 24.8. The summed E-state index contributed by atoms with van der Waals surface area (Å²) in [5.41, 5.74) is 3.88. The summed E-state index contributed by atoms with van der Waals surface area (Å²) >= 11 is 1.52. The lowest BCUT2D eigenvalue weighted by Crippen LogP contribution is -2.39. The van der Waals surface area contributed by atoms with Crippen LogP contribution in [0.5, 0.6) is 11.5 Å². The number of thiophene rings is 1. The van der Waals surface area contributed by atoms with Gasteiger partial charge in [0, 0.05) is 60.8 Å². The third-order valence-corrected chi connectivity index (χ3v) is 8.60. The van der Waals surface area contributed by atoms with Crippen LogP contribution in [0.4, 0.5) is 25.4 Å². The molecule has 0 bridgehead atoms. The zero-order chi connectivity index (χ0) is 31.3. The molecule has 0 spiro atoms. The maximum atomic E-state index is 15.2. The predicted octanol–water partition coefficient (Wildman–Crippen LogP) is 7.49. The smallest absolute Gasteiger partial charge is 0.332 e. The molecule has 230 valence electrons. The molecule has 2 N–H and O–H groups in total. The van der Waals surface area contributed by atoms with Gasteiger partial charge in [-0.3, -0.25) is 9.88 Å². The van der Waals surface area contributed by atoms with E-state index in [9.17, 15) is 9.59 Å². The minimum Gasteiger partial charge on any atom is -0.453 e. The molecule has 0 saturated carbocycles. The minimum atomic E-state index is -0.655. The Balaban J connectivity index is 1.12. The highest BCUT2D eigenvalue weighted by atomic mass is 32.1. The summed E-state index contributed by atoms with van der Waals surface area (Å²) in [6.45, 7) is 4.07. The number of benzene rings is 3. The second kappa shape index (κ2) is 13.4. The number of para-hydroxylation sites is 1. The molecule has 2 aromatic heterocycles. The van der Waals surface area contributed by atoms with Crippen molar-refractivity contribution in [3.05, 3.63) is 103 Å². The van der Waals surface area contributed by atoms with E-state index >= 15 is 4.39 Å². The largest absolute Gasteiger partial charge is 0.453 e. The number of urea groups is 2. The van der Waals surface area contributed by atoms with Gasteiger partial charge >= 0.3 is 12.1 Å². The monoisotopic (exact) mass is 625 g/mol. The van der Waals surface area contributed by atoms with E-state index in [2.05, 4.69) is 46.8 Å². The number of aromatic nitrogens is 1. The van der Waals surface area contributed by atoms with Gasteiger partial charge in [-0.1, -0.05) is 42.5 Å². The van der Waals surface area contributed by atoms with Crippen molar-refractivity contribution in [2.24, 2.45) is 0 Å². The fourth-order valence-electron chi connectivity index (χ4n) is 5.07. The molecule has 9 nitrogen and oxygen atoms in total. The van der Waals surface area contributed by atoms with Crippen LogP contribution in [-0.4, -0.2) is 54.8 Å². The SMILES string of the molecule is COC[C@H](C)NCc1ccc(-c2cc3nccc(Oc4ccc(NC(=O)N5CCN(c6ccccc6)C5=O)cc4F)c3s2)cc1. The van der Waals surface area contributed by atoms with Crippen molar-refractivity contribution in [3.63, 3.8) is 0 Å². The normalized spacial score (nSPS) is 13.8. The molecule has 11 heteroatoms. The summed E-state index contributed by atoms with van der Waals surface area (Å²) in [7, 11) is 1.69. The number of methoxy groups -OCH3 is 1. The van der Waals surface area contributed by atoms with Crippen molar-refractivity contribution in [1.82, 2.24) is 15.2 Å². The summed E-state index contributed by atoms with van der Waals surface area (Å²) in [5, 5.41) is 6.05. The number of halogens is 1. The van der Waals surface area contributed by atoms with Gasteiger partial charge in [0.05, 0.1) is 23.4 Å². The minimum absolute atomic E-state index is 0.00232. The van der Waals surface area contributed by atoms with E-state index in [0.29, 0.717) is 24.6 Å². The lowest BCUT2D eigenvalue weighted by molar-refractivity contribution is 0.171. The summed E-state index contributed by atoms with van der Waals surface area (Å²) in [6.07, 6.45) is 1.63. The molecule has 45 heavy (non-hydrogen) atoms. The summed E-state index contributed by atoms with van der Waals surface area (Å²) in [4.78, 5) is 33.8. The third-order valence-electron chi connectivity index (χ3n) is 7.41. The molecule has 1 aliphatic heterocycles. The number of rotatable bonds is 10. The van der Waals surface area contributed by atoms with Crippen molar-refractivity contribution in [2.45, 2.75) is 19.5 Å². The van der Waals surface area contributed by atoms with Gasteiger partial charge in [-0.05, 0) is 48.4 Å². The molecule has 5 aromatic rings. The van der Waals surface area contributed by atoms with Crippen molar-refractivity contribution in [1.29, 1.82) is 0 Å². The molecule has 1 aliphatic rings. The van der Waals surface area contributed by atoms with Crippen LogP contribution >= 0.6 is 11.3 Å². The van der Waals surface area contributed by atoms with Gasteiger partial charge in [-0.25, -0.2) is 18.9 Å². The van der Waals surface area contributed by atoms with Crippen LogP contribution < -0.4 is 20.3 Å². The molecule has 3 heterocycles. The number of amides is 4. The molecular weight excluding hydrogens is 593 g/mol. The molecule has 0 radical (unpaired) electrons. The van der Waals surface area contributed by atoms with Crippen LogP contribution in [0.1, 0.15) is 12.5 Å². The van der Waals surface area contributed by atoms with Crippen LogP contribution in [-0.2, 0) is 11.3 Å². The number of ether oxygens (including phenoxy) is 2. The summed E-state index contributed by atoms with van der Waals surface area (Å²) in [6, 6.07) is 24.5. The molecular formula is C34H32FN5O4S. The fraction of sp³-hybridized carbons (Fsp3) is 0.206. The molecule has 1 saturated heterocycles. The van der Waals surface area contributed by atoms with Crippen LogP contribution in [0.3, 0.4) is 0 Å². The number of hydrogen-bond acceptors (Lipinski definition) is 7. The highest BCUT2D eigenvalue weighted by molar-refractivity contribution is 7.22. The van der Waals surface area contributed by atoms with E-state index in [0.717, 1.165) is 32.1 Å². The highest BCUT2D eigenvalue weighted by Gasteiger charge is 2.34. The van der Waals surface area contributed by atoms with Gasteiger partial charge in [0.25, 0.3) is 0 Å². The Bertz CT molecular complexity index is 1820. The maximum Gasteiger partial charge on any atom is 0.332 e.